The van der Waals surface area contributed by atoms with Gasteiger partial charge in [-0.05, 0) is 34.4 Å². The molecule has 0 fully saturated rings. The van der Waals surface area contributed by atoms with Crippen molar-refractivity contribution >= 4 is 17.5 Å². The fourth-order valence-electron chi connectivity index (χ4n) is 2.92. The fourth-order valence-corrected chi connectivity index (χ4v) is 2.92. The first kappa shape index (κ1) is 17.4. The zero-order valence-electron chi connectivity index (χ0n) is 14.6. The predicted molar refractivity (Wildman–Crippen MR) is 99.1 cm³/mol. The van der Waals surface area contributed by atoms with Gasteiger partial charge in [0.1, 0.15) is 0 Å². The van der Waals surface area contributed by atoms with Crippen molar-refractivity contribution in [2.24, 2.45) is 0 Å². The summed E-state index contributed by atoms with van der Waals surface area (Å²) in [7, 11) is 2.57. The lowest BCUT2D eigenvalue weighted by molar-refractivity contribution is -0.139. The summed E-state index contributed by atoms with van der Waals surface area (Å²) in [6.07, 6.45) is 3.35. The zero-order chi connectivity index (χ0) is 18.5. The summed E-state index contributed by atoms with van der Waals surface area (Å²) in [5, 5.41) is 0. The summed E-state index contributed by atoms with van der Waals surface area (Å²) in [6, 6.07) is 19.6. The predicted octanol–water partition coefficient (Wildman–Crippen LogP) is 3.70. The summed E-state index contributed by atoms with van der Waals surface area (Å²) >= 11 is 0. The highest BCUT2D eigenvalue weighted by molar-refractivity contribution is 6.10. The van der Waals surface area contributed by atoms with Crippen molar-refractivity contribution in [3.63, 3.8) is 0 Å². The third-order valence-corrected chi connectivity index (χ3v) is 4.11. The van der Waals surface area contributed by atoms with Gasteiger partial charge in [0.05, 0.1) is 25.4 Å². The largest absolute Gasteiger partial charge is 0.465 e. The number of hydrogen-bond acceptors (Lipinski definition) is 4. The van der Waals surface area contributed by atoms with Crippen LogP contribution in [0.1, 0.15) is 11.1 Å². The number of ether oxygens (including phenoxy) is 2. The molecule has 1 aliphatic rings. The van der Waals surface area contributed by atoms with Crippen LogP contribution < -0.4 is 0 Å². The molecule has 0 spiro atoms. The highest BCUT2D eigenvalue weighted by Crippen LogP contribution is 2.34. The van der Waals surface area contributed by atoms with Crippen LogP contribution in [0, 0.1) is 0 Å². The number of methoxy groups -OCH3 is 2. The minimum Gasteiger partial charge on any atom is -0.465 e. The quantitative estimate of drug-likeness (QED) is 0.792. The minimum atomic E-state index is -0.572. The molecule has 3 rings (SSSR count). The Morgan fingerprint density at radius 2 is 1.04 bits per heavy atom. The van der Waals surface area contributed by atoms with Gasteiger partial charge < -0.3 is 9.47 Å². The first-order valence-electron chi connectivity index (χ1n) is 8.11. The molecule has 0 bridgehead atoms. The summed E-state index contributed by atoms with van der Waals surface area (Å²) in [4.78, 5) is 24.2. The molecule has 0 saturated heterocycles. The molecule has 0 heterocycles. The van der Waals surface area contributed by atoms with Crippen LogP contribution in [0.2, 0.25) is 0 Å². The zero-order valence-corrected chi connectivity index (χ0v) is 14.6. The van der Waals surface area contributed by atoms with Crippen LogP contribution in [0.4, 0.5) is 0 Å². The van der Waals surface area contributed by atoms with Crippen molar-refractivity contribution in [1.29, 1.82) is 0 Å². The second-order valence-corrected chi connectivity index (χ2v) is 5.66. The number of esters is 2. The topological polar surface area (TPSA) is 52.6 Å². The SMILES string of the molecule is COC(=O)C1=CC(=C(c2ccccc2)c2ccccc2)C=C1C(=O)OC. The lowest BCUT2D eigenvalue weighted by Gasteiger charge is -2.10. The van der Waals surface area contributed by atoms with Crippen molar-refractivity contribution in [2.45, 2.75) is 0 Å². The Morgan fingerprint density at radius 3 is 1.38 bits per heavy atom. The number of allylic oxidation sites excluding steroid dienone is 3. The maximum Gasteiger partial charge on any atom is 0.338 e. The Hall–Kier alpha value is -3.40. The molecule has 2 aromatic rings. The molecule has 2 aromatic carbocycles. The molecular formula is C22H18O4. The van der Waals surface area contributed by atoms with E-state index < -0.39 is 11.9 Å². The number of hydrogen-bond donors (Lipinski definition) is 0. The molecule has 130 valence electrons. The van der Waals surface area contributed by atoms with Crippen molar-refractivity contribution < 1.29 is 19.1 Å². The average molecular weight is 346 g/mol. The Morgan fingerprint density at radius 1 is 0.654 bits per heavy atom. The first-order chi connectivity index (χ1) is 12.7. The third kappa shape index (κ3) is 3.35. The van der Waals surface area contributed by atoms with Gasteiger partial charge in [0.15, 0.2) is 0 Å². The highest BCUT2D eigenvalue weighted by atomic mass is 16.5. The maximum absolute atomic E-state index is 12.1. The summed E-state index contributed by atoms with van der Waals surface area (Å²) < 4.78 is 9.64. The Labute approximate surface area is 152 Å². The van der Waals surface area contributed by atoms with E-state index in [2.05, 4.69) is 0 Å². The van der Waals surface area contributed by atoms with E-state index in [1.54, 1.807) is 12.2 Å². The Bertz CT molecular complexity index is 844. The molecule has 26 heavy (non-hydrogen) atoms. The number of carbonyl (C=O) groups is 2. The van der Waals surface area contributed by atoms with E-state index in [1.807, 2.05) is 60.7 Å². The highest BCUT2D eigenvalue weighted by Gasteiger charge is 2.28. The molecule has 0 unspecified atom stereocenters. The van der Waals surface area contributed by atoms with Gasteiger partial charge in [0.2, 0.25) is 0 Å². The van der Waals surface area contributed by atoms with E-state index in [0.29, 0.717) is 0 Å². The van der Waals surface area contributed by atoms with Crippen molar-refractivity contribution in [3.8, 4) is 0 Å². The van der Waals surface area contributed by atoms with Gasteiger partial charge >= 0.3 is 11.9 Å². The van der Waals surface area contributed by atoms with Gasteiger partial charge in [0, 0.05) is 0 Å². The van der Waals surface area contributed by atoms with Gasteiger partial charge in [-0.25, -0.2) is 9.59 Å². The van der Waals surface area contributed by atoms with Crippen LogP contribution in [0.15, 0.2) is 89.5 Å². The molecule has 1 aliphatic carbocycles. The Kier molecular flexibility index (Phi) is 5.13. The molecule has 4 nitrogen and oxygen atoms in total. The summed E-state index contributed by atoms with van der Waals surface area (Å²) in [6.45, 7) is 0. The molecule has 0 saturated carbocycles. The van der Waals surface area contributed by atoms with Gasteiger partial charge in [-0.1, -0.05) is 60.7 Å². The van der Waals surface area contributed by atoms with E-state index in [4.69, 9.17) is 9.47 Å². The van der Waals surface area contributed by atoms with Crippen molar-refractivity contribution in [3.05, 3.63) is 101 Å². The normalized spacial score (nSPS) is 12.9. The lowest BCUT2D eigenvalue weighted by Crippen LogP contribution is -2.12. The Balaban J connectivity index is 2.26. The molecular weight excluding hydrogens is 328 g/mol. The van der Waals surface area contributed by atoms with Crippen molar-refractivity contribution in [1.82, 2.24) is 0 Å². The van der Waals surface area contributed by atoms with Crippen LogP contribution in [0.5, 0.6) is 0 Å². The number of benzene rings is 2. The van der Waals surface area contributed by atoms with Crippen molar-refractivity contribution in [2.75, 3.05) is 14.2 Å². The second kappa shape index (κ2) is 7.66. The number of rotatable bonds is 4. The van der Waals surface area contributed by atoms with Crippen LogP contribution >= 0.6 is 0 Å². The van der Waals surface area contributed by atoms with Crippen LogP contribution in [0.3, 0.4) is 0 Å². The average Bonchev–Trinajstić information content (AvgIpc) is 3.13. The third-order valence-electron chi connectivity index (χ3n) is 4.11. The molecule has 0 aromatic heterocycles. The van der Waals surface area contributed by atoms with Gasteiger partial charge in [-0.15, -0.1) is 0 Å². The van der Waals surface area contributed by atoms with Gasteiger partial charge in [0.25, 0.3) is 0 Å². The van der Waals surface area contributed by atoms with Gasteiger partial charge in [-0.3, -0.25) is 0 Å². The van der Waals surface area contributed by atoms with E-state index in [-0.39, 0.29) is 11.1 Å². The fraction of sp³-hybridized carbons (Fsp3) is 0.0909. The second-order valence-electron chi connectivity index (χ2n) is 5.66. The van der Waals surface area contributed by atoms with Crippen LogP contribution in [-0.2, 0) is 19.1 Å². The van der Waals surface area contributed by atoms with E-state index >= 15 is 0 Å². The van der Waals surface area contributed by atoms with Gasteiger partial charge in [-0.2, -0.15) is 0 Å². The monoisotopic (exact) mass is 346 g/mol. The molecule has 0 N–H and O–H groups in total. The summed E-state index contributed by atoms with van der Waals surface area (Å²) in [5.41, 5.74) is 4.03. The smallest absolute Gasteiger partial charge is 0.338 e. The molecule has 0 radical (unpaired) electrons. The molecule has 0 amide bonds. The number of carbonyl (C=O) groups excluding carboxylic acids is 2. The standard InChI is InChI=1S/C22H18O4/c1-25-21(23)18-13-17(14-19(18)22(24)26-2)20(15-9-5-3-6-10-15)16-11-7-4-8-12-16/h3-14H,1-2H3. The first-order valence-corrected chi connectivity index (χ1v) is 8.11. The maximum atomic E-state index is 12.1. The molecule has 0 atom stereocenters. The lowest BCUT2D eigenvalue weighted by atomic mass is 9.93. The molecule has 0 aliphatic heterocycles. The van der Waals surface area contributed by atoms with E-state index in [0.717, 1.165) is 22.3 Å². The summed E-state index contributed by atoms with van der Waals surface area (Å²) in [5.74, 6) is -1.14. The van der Waals surface area contributed by atoms with E-state index in [1.165, 1.54) is 14.2 Å². The van der Waals surface area contributed by atoms with Crippen LogP contribution in [-0.4, -0.2) is 26.2 Å². The van der Waals surface area contributed by atoms with E-state index in [9.17, 15) is 9.59 Å². The van der Waals surface area contributed by atoms with Crippen LogP contribution in [0.25, 0.3) is 5.57 Å². The molecule has 4 heteroatoms. The minimum absolute atomic E-state index is 0.193.